The van der Waals surface area contributed by atoms with Gasteiger partial charge in [0.15, 0.2) is 0 Å². The van der Waals surface area contributed by atoms with Crippen molar-refractivity contribution in [2.45, 2.75) is 26.3 Å². The fourth-order valence-corrected chi connectivity index (χ4v) is 2.23. The molecule has 2 amide bonds. The molecule has 6 nitrogen and oxygen atoms in total. The molecule has 0 aliphatic heterocycles. The molecule has 3 N–H and O–H groups in total. The number of aliphatic hydroxyl groups is 1. The van der Waals surface area contributed by atoms with Crippen molar-refractivity contribution >= 4 is 23.3 Å². The Balaban J connectivity index is 2.10. The number of carbonyl (C=O) groups excluding carboxylic acids is 1. The Kier molecular flexibility index (Phi) is 5.41. The molecular formula is C15H19ClN4O2. The van der Waals surface area contributed by atoms with Gasteiger partial charge in [-0.05, 0) is 38.5 Å². The number of aromatic nitrogens is 2. The first kappa shape index (κ1) is 16.3. The lowest BCUT2D eigenvalue weighted by molar-refractivity contribution is 0.241. The Hall–Kier alpha value is -2.05. The van der Waals surface area contributed by atoms with Gasteiger partial charge in [0.1, 0.15) is 0 Å². The Morgan fingerprint density at radius 1 is 1.50 bits per heavy atom. The highest BCUT2D eigenvalue weighted by atomic mass is 35.5. The summed E-state index contributed by atoms with van der Waals surface area (Å²) in [5.74, 6) is 0. The van der Waals surface area contributed by atoms with E-state index in [2.05, 4.69) is 15.7 Å². The largest absolute Gasteiger partial charge is 0.396 e. The van der Waals surface area contributed by atoms with Crippen LogP contribution in [0.3, 0.4) is 0 Å². The summed E-state index contributed by atoms with van der Waals surface area (Å²) in [6, 6.07) is 6.89. The summed E-state index contributed by atoms with van der Waals surface area (Å²) in [6.07, 6.45) is 2.10. The molecule has 22 heavy (non-hydrogen) atoms. The first-order valence-corrected chi connectivity index (χ1v) is 7.38. The summed E-state index contributed by atoms with van der Waals surface area (Å²) >= 11 is 5.98. The molecule has 118 valence electrons. The number of rotatable bonds is 5. The van der Waals surface area contributed by atoms with Crippen molar-refractivity contribution in [2.24, 2.45) is 0 Å². The molecule has 1 heterocycles. The molecule has 1 aromatic carbocycles. The van der Waals surface area contributed by atoms with Crippen LogP contribution in [0.4, 0.5) is 10.5 Å². The highest BCUT2D eigenvalue weighted by Crippen LogP contribution is 2.20. The zero-order chi connectivity index (χ0) is 16.1. The Morgan fingerprint density at radius 3 is 2.95 bits per heavy atom. The van der Waals surface area contributed by atoms with Gasteiger partial charge in [-0.1, -0.05) is 17.7 Å². The first-order chi connectivity index (χ1) is 10.5. The topological polar surface area (TPSA) is 79.2 Å². The maximum absolute atomic E-state index is 11.9. The number of benzene rings is 1. The van der Waals surface area contributed by atoms with Crippen LogP contribution in [0, 0.1) is 6.92 Å². The fourth-order valence-electron chi connectivity index (χ4n) is 2.05. The van der Waals surface area contributed by atoms with E-state index in [4.69, 9.17) is 16.7 Å². The number of halogens is 1. The summed E-state index contributed by atoms with van der Waals surface area (Å²) in [5.41, 5.74) is 2.24. The Bertz CT molecular complexity index is 657. The van der Waals surface area contributed by atoms with Crippen LogP contribution in [0.2, 0.25) is 5.02 Å². The molecule has 1 aromatic heterocycles. The third kappa shape index (κ3) is 3.99. The number of amides is 2. The van der Waals surface area contributed by atoms with Gasteiger partial charge in [0.05, 0.1) is 23.3 Å². The van der Waals surface area contributed by atoms with E-state index in [0.29, 0.717) is 17.1 Å². The summed E-state index contributed by atoms with van der Waals surface area (Å²) in [6.45, 7) is 3.73. The van der Waals surface area contributed by atoms with Crippen molar-refractivity contribution in [3.8, 4) is 5.69 Å². The monoisotopic (exact) mass is 322 g/mol. The summed E-state index contributed by atoms with van der Waals surface area (Å²) in [5, 5.41) is 19.2. The third-order valence-electron chi connectivity index (χ3n) is 3.25. The lowest BCUT2D eigenvalue weighted by atomic mass is 10.2. The van der Waals surface area contributed by atoms with Gasteiger partial charge < -0.3 is 15.7 Å². The molecule has 0 aliphatic carbocycles. The lowest BCUT2D eigenvalue weighted by Crippen LogP contribution is -2.36. The number of nitrogens with one attached hydrogen (secondary N) is 2. The summed E-state index contributed by atoms with van der Waals surface area (Å²) in [7, 11) is 0. The second-order valence-electron chi connectivity index (χ2n) is 5.05. The maximum atomic E-state index is 11.9. The maximum Gasteiger partial charge on any atom is 0.319 e. The predicted octanol–water partition coefficient (Wildman–Crippen LogP) is 2.73. The van der Waals surface area contributed by atoms with Crippen LogP contribution in [0.25, 0.3) is 5.69 Å². The van der Waals surface area contributed by atoms with E-state index in [-0.39, 0.29) is 18.7 Å². The zero-order valence-electron chi connectivity index (χ0n) is 12.5. The van der Waals surface area contributed by atoms with Gasteiger partial charge in [-0.2, -0.15) is 5.10 Å². The Morgan fingerprint density at radius 2 is 2.27 bits per heavy atom. The molecule has 0 aliphatic rings. The fraction of sp³-hybridized carbons (Fsp3) is 0.333. The molecular weight excluding hydrogens is 304 g/mol. The van der Waals surface area contributed by atoms with Crippen molar-refractivity contribution < 1.29 is 9.90 Å². The second kappa shape index (κ2) is 7.29. The van der Waals surface area contributed by atoms with Gasteiger partial charge in [-0.25, -0.2) is 9.48 Å². The van der Waals surface area contributed by atoms with E-state index in [1.165, 1.54) is 0 Å². The molecule has 0 fully saturated rings. The van der Waals surface area contributed by atoms with Crippen LogP contribution in [0.5, 0.6) is 0 Å². The minimum atomic E-state index is -0.324. The number of nitrogens with zero attached hydrogens (tertiary/aromatic N) is 2. The summed E-state index contributed by atoms with van der Waals surface area (Å²) < 4.78 is 1.71. The van der Waals surface area contributed by atoms with Crippen molar-refractivity contribution in [3.05, 3.63) is 41.2 Å². The number of hydrogen-bond donors (Lipinski definition) is 3. The molecule has 0 saturated carbocycles. The van der Waals surface area contributed by atoms with Gasteiger partial charge in [0.25, 0.3) is 0 Å². The van der Waals surface area contributed by atoms with Gasteiger partial charge in [0.2, 0.25) is 0 Å². The van der Waals surface area contributed by atoms with Gasteiger partial charge in [-0.3, -0.25) is 0 Å². The van der Waals surface area contributed by atoms with E-state index >= 15 is 0 Å². The van der Waals surface area contributed by atoms with Gasteiger partial charge in [0, 0.05) is 17.7 Å². The SMILES string of the molecule is Cc1c(NC(=O)N[C@H](C)CCO)cnn1-c1cccc(Cl)c1. The van der Waals surface area contributed by atoms with Crippen LogP contribution >= 0.6 is 11.6 Å². The quantitative estimate of drug-likeness (QED) is 0.792. The van der Waals surface area contributed by atoms with Crippen LogP contribution in [-0.2, 0) is 0 Å². The minimum absolute atomic E-state index is 0.0349. The molecule has 2 aromatic rings. The molecule has 0 spiro atoms. The molecule has 7 heteroatoms. The summed E-state index contributed by atoms with van der Waals surface area (Å²) in [4.78, 5) is 11.9. The first-order valence-electron chi connectivity index (χ1n) is 7.00. The number of anilines is 1. The van der Waals surface area contributed by atoms with Gasteiger partial charge >= 0.3 is 6.03 Å². The van der Waals surface area contributed by atoms with Crippen LogP contribution in [0.1, 0.15) is 19.0 Å². The van der Waals surface area contributed by atoms with E-state index < -0.39 is 0 Å². The number of carbonyl (C=O) groups is 1. The Labute approximate surface area is 134 Å². The number of hydrogen-bond acceptors (Lipinski definition) is 3. The van der Waals surface area contributed by atoms with Crippen LogP contribution in [-0.4, -0.2) is 33.6 Å². The molecule has 0 saturated heterocycles. The van der Waals surface area contributed by atoms with Crippen molar-refractivity contribution in [3.63, 3.8) is 0 Å². The molecule has 1 atom stereocenters. The van der Waals surface area contributed by atoms with E-state index in [1.54, 1.807) is 23.0 Å². The van der Waals surface area contributed by atoms with Crippen molar-refractivity contribution in [2.75, 3.05) is 11.9 Å². The van der Waals surface area contributed by atoms with Crippen molar-refractivity contribution in [1.29, 1.82) is 0 Å². The second-order valence-corrected chi connectivity index (χ2v) is 5.48. The minimum Gasteiger partial charge on any atom is -0.396 e. The average molecular weight is 323 g/mol. The number of aliphatic hydroxyl groups excluding tert-OH is 1. The normalized spacial score (nSPS) is 12.0. The molecule has 0 bridgehead atoms. The van der Waals surface area contributed by atoms with E-state index in [0.717, 1.165) is 11.4 Å². The zero-order valence-corrected chi connectivity index (χ0v) is 13.3. The smallest absolute Gasteiger partial charge is 0.319 e. The highest BCUT2D eigenvalue weighted by molar-refractivity contribution is 6.30. The van der Waals surface area contributed by atoms with Crippen molar-refractivity contribution in [1.82, 2.24) is 15.1 Å². The molecule has 0 unspecified atom stereocenters. The van der Waals surface area contributed by atoms with Crippen LogP contribution in [0.15, 0.2) is 30.5 Å². The third-order valence-corrected chi connectivity index (χ3v) is 3.49. The standard InChI is InChI=1S/C15H19ClN4O2/c1-10(6-7-21)18-15(22)19-14-9-17-20(11(14)2)13-5-3-4-12(16)8-13/h3-5,8-10,21H,6-7H2,1-2H3,(H2,18,19,22)/t10-/m1/s1. The molecule has 0 radical (unpaired) electrons. The van der Waals surface area contributed by atoms with E-state index in [9.17, 15) is 4.79 Å². The number of urea groups is 1. The lowest BCUT2D eigenvalue weighted by Gasteiger charge is -2.13. The van der Waals surface area contributed by atoms with E-state index in [1.807, 2.05) is 26.0 Å². The predicted molar refractivity (Wildman–Crippen MR) is 86.6 cm³/mol. The highest BCUT2D eigenvalue weighted by Gasteiger charge is 2.12. The van der Waals surface area contributed by atoms with Crippen LogP contribution < -0.4 is 10.6 Å². The molecule has 2 rings (SSSR count). The van der Waals surface area contributed by atoms with Gasteiger partial charge in [-0.15, -0.1) is 0 Å². The average Bonchev–Trinajstić information content (AvgIpc) is 2.80.